The Balaban J connectivity index is 4.99. The van der Waals surface area contributed by atoms with Crippen LogP contribution in [0.25, 0.3) is 0 Å². The van der Waals surface area contributed by atoms with Crippen LogP contribution in [0.2, 0.25) is 0 Å². The fraction of sp³-hybridized carbons (Fsp3) is 0.200. The third-order valence-corrected chi connectivity index (χ3v) is 0.917. The van der Waals surface area contributed by atoms with Crippen LogP contribution in [0.1, 0.15) is 0 Å². The van der Waals surface area contributed by atoms with E-state index in [2.05, 4.69) is 20.4 Å². The molecule has 8 N–H and O–H groups in total. The lowest BCUT2D eigenvalue weighted by Crippen LogP contribution is -2.26. The smallest absolute Gasteiger partial charge is 0.369 e. The third kappa shape index (κ3) is 6.17. The van der Waals surface area contributed by atoms with Crippen LogP contribution >= 0.6 is 0 Å². The summed E-state index contributed by atoms with van der Waals surface area (Å²) >= 11 is 0. The van der Waals surface area contributed by atoms with Crippen LogP contribution in [-0.4, -0.2) is 30.0 Å². The lowest BCUT2D eigenvalue weighted by molar-refractivity contribution is -0.0566. The van der Waals surface area contributed by atoms with E-state index < -0.39 is 23.8 Å². The molecule has 90 valence electrons. The van der Waals surface area contributed by atoms with Crippen molar-refractivity contribution in [3.05, 3.63) is 0 Å². The lowest BCUT2D eigenvalue weighted by atomic mass is 10.4. The zero-order chi connectivity index (χ0) is 12.8. The number of alkyl halides is 3. The molecule has 0 aliphatic carbocycles. The first-order valence-electron chi connectivity index (χ1n) is 3.59. The van der Waals surface area contributed by atoms with Gasteiger partial charge in [0.05, 0.1) is 6.21 Å². The second kappa shape index (κ2) is 5.53. The van der Waals surface area contributed by atoms with Crippen molar-refractivity contribution >= 4 is 23.8 Å². The van der Waals surface area contributed by atoms with Gasteiger partial charge in [-0.2, -0.15) is 18.3 Å². The van der Waals surface area contributed by atoms with Crippen molar-refractivity contribution in [2.75, 3.05) is 0 Å². The fourth-order valence-corrected chi connectivity index (χ4v) is 0.418. The summed E-state index contributed by atoms with van der Waals surface area (Å²) in [5, 5.41) is 11.4. The highest BCUT2D eigenvalue weighted by Gasteiger charge is 2.35. The molecule has 0 amide bonds. The Morgan fingerprint density at radius 1 is 0.875 bits per heavy atom. The minimum atomic E-state index is -4.78. The summed E-state index contributed by atoms with van der Waals surface area (Å²) in [6.45, 7) is 0. The van der Waals surface area contributed by atoms with E-state index in [1.807, 2.05) is 0 Å². The van der Waals surface area contributed by atoms with Gasteiger partial charge in [-0.1, -0.05) is 0 Å². The summed E-state index contributed by atoms with van der Waals surface area (Å²) in [6.07, 6.45) is -4.51. The van der Waals surface area contributed by atoms with E-state index in [9.17, 15) is 13.2 Å². The van der Waals surface area contributed by atoms with Crippen LogP contribution in [0.4, 0.5) is 13.2 Å². The molecule has 0 saturated heterocycles. The topological polar surface area (TPSA) is 154 Å². The average molecular weight is 238 g/mol. The second-order valence-electron chi connectivity index (χ2n) is 2.28. The molecule has 0 atom stereocenters. The van der Waals surface area contributed by atoms with E-state index in [-0.39, 0.29) is 6.21 Å². The molecule has 0 rings (SSSR count). The van der Waals surface area contributed by atoms with E-state index in [0.29, 0.717) is 0 Å². The summed E-state index contributed by atoms with van der Waals surface area (Å²) in [7, 11) is 0. The zero-order valence-electron chi connectivity index (χ0n) is 7.81. The van der Waals surface area contributed by atoms with Crippen LogP contribution in [0, 0.1) is 0 Å². The second-order valence-corrected chi connectivity index (χ2v) is 2.28. The summed E-state index contributed by atoms with van der Waals surface area (Å²) in [6, 6.07) is 0. The molecule has 0 aliphatic rings. The minimum Gasteiger partial charge on any atom is -0.369 e. The maximum atomic E-state index is 12.2. The summed E-state index contributed by atoms with van der Waals surface area (Å²) < 4.78 is 36.6. The van der Waals surface area contributed by atoms with Gasteiger partial charge >= 0.3 is 6.18 Å². The Morgan fingerprint density at radius 2 is 1.38 bits per heavy atom. The summed E-state index contributed by atoms with van der Waals surface area (Å²) in [4.78, 5) is 0. The van der Waals surface area contributed by atoms with E-state index >= 15 is 0 Å². The maximum Gasteiger partial charge on any atom is 0.436 e. The quantitative estimate of drug-likeness (QED) is 0.266. The van der Waals surface area contributed by atoms with Gasteiger partial charge in [-0.05, 0) is 0 Å². The van der Waals surface area contributed by atoms with Crippen molar-refractivity contribution in [3.8, 4) is 0 Å². The first-order valence-corrected chi connectivity index (χ1v) is 3.59. The van der Waals surface area contributed by atoms with Gasteiger partial charge in [0.15, 0.2) is 5.71 Å². The first-order chi connectivity index (χ1) is 7.23. The van der Waals surface area contributed by atoms with Crippen LogP contribution in [-0.2, 0) is 0 Å². The highest BCUT2D eigenvalue weighted by Crippen LogP contribution is 2.16. The Bertz CT molecular complexity index is 343. The van der Waals surface area contributed by atoms with Crippen LogP contribution in [0.3, 0.4) is 0 Å². The molecular formula is C5H9F3N8. The predicted octanol–water partition coefficient (Wildman–Crippen LogP) is -1.56. The molecule has 0 unspecified atom stereocenters. The summed E-state index contributed by atoms with van der Waals surface area (Å²) in [5.74, 6) is -1.13. The molecule has 11 heteroatoms. The maximum absolute atomic E-state index is 12.2. The molecule has 0 aromatic rings. The first kappa shape index (κ1) is 13.7. The van der Waals surface area contributed by atoms with E-state index in [1.54, 1.807) is 0 Å². The zero-order valence-corrected chi connectivity index (χ0v) is 7.81. The van der Waals surface area contributed by atoms with Crippen molar-refractivity contribution in [2.24, 2.45) is 43.3 Å². The molecule has 0 aromatic heterocycles. The monoisotopic (exact) mass is 238 g/mol. The molecule has 16 heavy (non-hydrogen) atoms. The van der Waals surface area contributed by atoms with Crippen molar-refractivity contribution < 1.29 is 13.2 Å². The molecule has 0 aromatic carbocycles. The fourth-order valence-electron chi connectivity index (χ4n) is 0.418. The minimum absolute atomic E-state index is 0.270. The number of hydrogen-bond donors (Lipinski definition) is 4. The lowest BCUT2D eigenvalue weighted by Gasteiger charge is -2.02. The molecule has 0 saturated carbocycles. The molecule has 0 aliphatic heterocycles. The largest absolute Gasteiger partial charge is 0.436 e. The van der Waals surface area contributed by atoms with Crippen LogP contribution in [0.15, 0.2) is 20.4 Å². The average Bonchev–Trinajstić information content (AvgIpc) is 2.07. The van der Waals surface area contributed by atoms with Gasteiger partial charge in [0.25, 0.3) is 0 Å². The predicted molar refractivity (Wildman–Crippen MR) is 53.6 cm³/mol. The number of rotatable bonds is 3. The summed E-state index contributed by atoms with van der Waals surface area (Å²) in [5.41, 5.74) is 17.8. The van der Waals surface area contributed by atoms with E-state index in [1.165, 1.54) is 0 Å². The molecule has 0 heterocycles. The normalized spacial score (nSPS) is 12.6. The van der Waals surface area contributed by atoms with Gasteiger partial charge in [0.2, 0.25) is 11.9 Å². The van der Waals surface area contributed by atoms with Gasteiger partial charge in [0.1, 0.15) is 0 Å². The van der Waals surface area contributed by atoms with Gasteiger partial charge < -0.3 is 22.9 Å². The molecular weight excluding hydrogens is 229 g/mol. The van der Waals surface area contributed by atoms with Gasteiger partial charge in [-0.3, -0.25) is 0 Å². The van der Waals surface area contributed by atoms with Crippen molar-refractivity contribution in [1.29, 1.82) is 0 Å². The van der Waals surface area contributed by atoms with E-state index in [4.69, 9.17) is 22.9 Å². The van der Waals surface area contributed by atoms with E-state index in [0.717, 1.165) is 0 Å². The standard InChI is InChI=1S/C5H9F3N8/c6-5(7,8)2(14-16-4(11)12)1-13-15-3(9)10/h1H,(H4,9,10,15)(H4,11,12,16)/b13-1+,14-2+. The van der Waals surface area contributed by atoms with Crippen molar-refractivity contribution in [1.82, 2.24) is 0 Å². The van der Waals surface area contributed by atoms with Gasteiger partial charge in [0, 0.05) is 0 Å². The van der Waals surface area contributed by atoms with Crippen LogP contribution in [0.5, 0.6) is 0 Å². The molecule has 0 fully saturated rings. The molecule has 0 spiro atoms. The number of guanidine groups is 2. The highest BCUT2D eigenvalue weighted by molar-refractivity contribution is 6.33. The Kier molecular flexibility index (Phi) is 4.72. The van der Waals surface area contributed by atoms with Crippen molar-refractivity contribution in [3.63, 3.8) is 0 Å². The van der Waals surface area contributed by atoms with Crippen molar-refractivity contribution in [2.45, 2.75) is 6.18 Å². The molecule has 0 radical (unpaired) electrons. The van der Waals surface area contributed by atoms with Gasteiger partial charge in [-0.15, -0.1) is 15.3 Å². The van der Waals surface area contributed by atoms with Crippen LogP contribution < -0.4 is 22.9 Å². The van der Waals surface area contributed by atoms with Gasteiger partial charge in [-0.25, -0.2) is 0 Å². The third-order valence-electron chi connectivity index (χ3n) is 0.917. The molecule has 8 nitrogen and oxygen atoms in total. The number of halogens is 3. The Morgan fingerprint density at radius 3 is 1.75 bits per heavy atom. The number of nitrogens with zero attached hydrogens (tertiary/aromatic N) is 4. The molecule has 0 bridgehead atoms. The Hall–Kier alpha value is -2.33. The Labute approximate surface area is 87.6 Å². The highest BCUT2D eigenvalue weighted by atomic mass is 19.4. The number of hydrogen-bond acceptors (Lipinski definition) is 4. The number of nitrogens with two attached hydrogens (primary N) is 4. The SMILES string of the molecule is NC(N)=N/N=C/C(=N\N=C(N)N)C(F)(F)F.